The van der Waals surface area contributed by atoms with Crippen LogP contribution >= 0.6 is 22.9 Å². The van der Waals surface area contributed by atoms with E-state index in [0.29, 0.717) is 4.34 Å². The third-order valence-corrected chi connectivity index (χ3v) is 6.61. The number of carbonyl (C=O) groups is 3. The molecule has 1 aliphatic heterocycles. The summed E-state index contributed by atoms with van der Waals surface area (Å²) in [5, 5.41) is 4.56. The van der Waals surface area contributed by atoms with Gasteiger partial charge in [-0.15, -0.1) is 11.3 Å². The van der Waals surface area contributed by atoms with Crippen molar-refractivity contribution in [3.8, 4) is 0 Å². The molecule has 0 unspecified atom stereocenters. The van der Waals surface area contributed by atoms with Crippen LogP contribution in [0.25, 0.3) is 0 Å². The number of ether oxygens (including phenoxy) is 1. The van der Waals surface area contributed by atoms with Gasteiger partial charge in [0.25, 0.3) is 18.2 Å². The Labute approximate surface area is 217 Å². The number of nitrogens with zero attached hydrogens (tertiary/aromatic N) is 2. The van der Waals surface area contributed by atoms with Crippen molar-refractivity contribution in [2.45, 2.75) is 18.6 Å². The van der Waals surface area contributed by atoms with Crippen molar-refractivity contribution in [3.63, 3.8) is 0 Å². The van der Waals surface area contributed by atoms with E-state index in [1.54, 1.807) is 0 Å². The number of carbonyl (C=O) groups excluding carboxylic acids is 3. The number of nitrogens with one attached hydrogen (secondary N) is 2. The predicted molar refractivity (Wildman–Crippen MR) is 127 cm³/mol. The highest BCUT2D eigenvalue weighted by atomic mass is 35.5. The summed E-state index contributed by atoms with van der Waals surface area (Å²) in [4.78, 5) is 39.6. The molecule has 1 aliphatic rings. The molecule has 1 aromatic carbocycles. The van der Waals surface area contributed by atoms with Crippen molar-refractivity contribution < 1.29 is 41.1 Å². The van der Waals surface area contributed by atoms with Gasteiger partial charge in [0, 0.05) is 18.8 Å². The molecule has 3 amide bonds. The SMILES string of the molecule is CN(CC(F)F)[C@@H](CNC(=O)c1ccc(Cl)s1)C(=O)Nc1ccc(N2CCOCC2=O)cc1C(F)(F)F. The standard InChI is InChI=1S/C22H22ClF5N4O4S/c1-31(10-18(24)25)15(9-29-21(35)16-4-5-17(23)37-16)20(34)30-14-3-2-12(8-13(14)22(26,27)28)32-6-7-36-11-19(32)33/h2-5,8,15,18H,6-7,9-11H2,1H3,(H,29,35)(H,30,34)/t15-/m0/s1. The van der Waals surface area contributed by atoms with Crippen LogP contribution in [0.15, 0.2) is 30.3 Å². The summed E-state index contributed by atoms with van der Waals surface area (Å²) in [6.45, 7) is -1.42. The second-order valence-electron chi connectivity index (χ2n) is 7.98. The summed E-state index contributed by atoms with van der Waals surface area (Å²) >= 11 is 6.75. The zero-order valence-electron chi connectivity index (χ0n) is 19.3. The quantitative estimate of drug-likeness (QED) is 0.450. The van der Waals surface area contributed by atoms with Crippen molar-refractivity contribution in [3.05, 3.63) is 45.1 Å². The molecule has 3 rings (SSSR count). The van der Waals surface area contributed by atoms with Crippen LogP contribution in [0.3, 0.4) is 0 Å². The lowest BCUT2D eigenvalue weighted by atomic mass is 10.1. The van der Waals surface area contributed by atoms with Gasteiger partial charge in [-0.25, -0.2) is 8.78 Å². The molecule has 2 aromatic rings. The summed E-state index contributed by atoms with van der Waals surface area (Å²) in [7, 11) is 1.18. The lowest BCUT2D eigenvalue weighted by molar-refractivity contribution is -0.137. The van der Waals surface area contributed by atoms with Crippen LogP contribution in [0.5, 0.6) is 0 Å². The van der Waals surface area contributed by atoms with E-state index in [2.05, 4.69) is 10.6 Å². The van der Waals surface area contributed by atoms with Crippen molar-refractivity contribution in [1.82, 2.24) is 10.2 Å². The summed E-state index contributed by atoms with van der Waals surface area (Å²) < 4.78 is 72.9. The number of thiophene rings is 1. The molecular weight excluding hydrogens is 547 g/mol. The van der Waals surface area contributed by atoms with Crippen LogP contribution < -0.4 is 15.5 Å². The molecule has 0 spiro atoms. The lowest BCUT2D eigenvalue weighted by Gasteiger charge is -2.29. The Bertz CT molecular complexity index is 1150. The molecule has 0 radical (unpaired) electrons. The fourth-order valence-electron chi connectivity index (χ4n) is 3.56. The molecule has 8 nitrogen and oxygen atoms in total. The maximum Gasteiger partial charge on any atom is 0.418 e. The average molecular weight is 569 g/mol. The van der Waals surface area contributed by atoms with Crippen LogP contribution in [-0.2, 0) is 20.5 Å². The van der Waals surface area contributed by atoms with Gasteiger partial charge in [-0.05, 0) is 37.4 Å². The molecule has 1 saturated heterocycles. The van der Waals surface area contributed by atoms with E-state index >= 15 is 0 Å². The van der Waals surface area contributed by atoms with Crippen molar-refractivity contribution >= 4 is 52.0 Å². The summed E-state index contributed by atoms with van der Waals surface area (Å²) in [5.74, 6) is -2.20. The van der Waals surface area contributed by atoms with E-state index in [9.17, 15) is 36.3 Å². The highest BCUT2D eigenvalue weighted by Gasteiger charge is 2.36. The number of morpholine rings is 1. The van der Waals surface area contributed by atoms with Gasteiger partial charge in [0.1, 0.15) is 12.6 Å². The average Bonchev–Trinajstić information content (AvgIpc) is 3.25. The molecule has 1 fully saturated rings. The van der Waals surface area contributed by atoms with E-state index in [-0.39, 0.29) is 30.3 Å². The molecule has 2 heterocycles. The first kappa shape index (κ1) is 28.8. The molecule has 15 heteroatoms. The van der Waals surface area contributed by atoms with E-state index in [1.165, 1.54) is 25.2 Å². The first-order valence-electron chi connectivity index (χ1n) is 10.8. The van der Waals surface area contributed by atoms with Crippen molar-refractivity contribution in [1.29, 1.82) is 0 Å². The first-order chi connectivity index (χ1) is 17.4. The minimum absolute atomic E-state index is 0.0353. The highest BCUT2D eigenvalue weighted by molar-refractivity contribution is 7.18. The Kier molecular flexibility index (Phi) is 9.45. The second-order valence-corrected chi connectivity index (χ2v) is 9.69. The zero-order chi connectivity index (χ0) is 27.3. The Hall–Kier alpha value is -2.81. The molecule has 0 saturated carbocycles. The third-order valence-electron chi connectivity index (χ3n) is 5.38. The normalized spacial score (nSPS) is 15.3. The molecule has 0 aliphatic carbocycles. The van der Waals surface area contributed by atoms with Gasteiger partial charge in [-0.2, -0.15) is 13.2 Å². The molecule has 1 aromatic heterocycles. The van der Waals surface area contributed by atoms with Crippen LogP contribution in [0, 0.1) is 0 Å². The topological polar surface area (TPSA) is 91.0 Å². The molecule has 2 N–H and O–H groups in total. The Morgan fingerprint density at radius 1 is 1.24 bits per heavy atom. The van der Waals surface area contributed by atoms with E-state index in [0.717, 1.165) is 33.3 Å². The fourth-order valence-corrected chi connectivity index (χ4v) is 4.52. The zero-order valence-corrected chi connectivity index (χ0v) is 20.9. The van der Waals surface area contributed by atoms with E-state index in [1.807, 2.05) is 0 Å². The fraction of sp³-hybridized carbons (Fsp3) is 0.409. The Morgan fingerprint density at radius 3 is 2.57 bits per heavy atom. The number of halogens is 6. The summed E-state index contributed by atoms with van der Waals surface area (Å²) in [6.07, 6.45) is -7.76. The second kappa shape index (κ2) is 12.2. The molecule has 202 valence electrons. The van der Waals surface area contributed by atoms with Gasteiger partial charge in [-0.1, -0.05) is 11.6 Å². The maximum atomic E-state index is 13.9. The lowest BCUT2D eigenvalue weighted by Crippen LogP contribution is -2.50. The monoisotopic (exact) mass is 568 g/mol. The number of alkyl halides is 5. The van der Waals surface area contributed by atoms with Crippen LogP contribution in [0.2, 0.25) is 4.34 Å². The van der Waals surface area contributed by atoms with Gasteiger partial charge in [-0.3, -0.25) is 19.3 Å². The van der Waals surface area contributed by atoms with Gasteiger partial charge in [0.2, 0.25) is 5.91 Å². The smallest absolute Gasteiger partial charge is 0.370 e. The Morgan fingerprint density at radius 2 is 1.97 bits per heavy atom. The van der Waals surface area contributed by atoms with Crippen LogP contribution in [-0.4, -0.2) is 75.0 Å². The van der Waals surface area contributed by atoms with Crippen LogP contribution in [0.1, 0.15) is 15.2 Å². The van der Waals surface area contributed by atoms with E-state index < -0.39 is 60.7 Å². The number of likely N-dealkylation sites (N-methyl/N-ethyl adjacent to an activating group) is 1. The largest absolute Gasteiger partial charge is 0.418 e. The van der Waals surface area contributed by atoms with Gasteiger partial charge < -0.3 is 20.3 Å². The molecule has 1 atom stereocenters. The number of rotatable bonds is 9. The number of hydrogen-bond acceptors (Lipinski definition) is 6. The summed E-state index contributed by atoms with van der Waals surface area (Å²) in [6, 6.07) is 4.40. The number of benzene rings is 1. The van der Waals surface area contributed by atoms with Gasteiger partial charge >= 0.3 is 6.18 Å². The highest BCUT2D eigenvalue weighted by Crippen LogP contribution is 2.37. The van der Waals surface area contributed by atoms with Gasteiger partial charge in [0.15, 0.2) is 0 Å². The maximum absolute atomic E-state index is 13.9. The minimum Gasteiger partial charge on any atom is -0.370 e. The van der Waals surface area contributed by atoms with Crippen molar-refractivity contribution in [2.24, 2.45) is 0 Å². The Balaban J connectivity index is 1.83. The minimum atomic E-state index is -4.91. The number of amides is 3. The van der Waals surface area contributed by atoms with Gasteiger partial charge in [0.05, 0.1) is 33.6 Å². The molecule has 0 bridgehead atoms. The van der Waals surface area contributed by atoms with Crippen molar-refractivity contribution in [2.75, 3.05) is 50.1 Å². The number of hydrogen-bond donors (Lipinski definition) is 2. The number of anilines is 2. The first-order valence-corrected chi connectivity index (χ1v) is 12.0. The predicted octanol–water partition coefficient (Wildman–Crippen LogP) is 3.72. The van der Waals surface area contributed by atoms with Crippen LogP contribution in [0.4, 0.5) is 33.3 Å². The molecule has 37 heavy (non-hydrogen) atoms. The molecular formula is C22H22ClF5N4O4S. The summed E-state index contributed by atoms with van der Waals surface area (Å²) in [5.41, 5.74) is -1.90. The van der Waals surface area contributed by atoms with E-state index in [4.69, 9.17) is 16.3 Å². The third kappa shape index (κ3) is 7.60.